The number of anilines is 1. The van der Waals surface area contributed by atoms with E-state index in [4.69, 9.17) is 4.98 Å². The summed E-state index contributed by atoms with van der Waals surface area (Å²) in [6.07, 6.45) is 1.02. The molecule has 4 heterocycles. The molecule has 1 amide bonds. The summed E-state index contributed by atoms with van der Waals surface area (Å²) in [5.41, 5.74) is 0. The second-order valence-corrected chi connectivity index (χ2v) is 8.20. The van der Waals surface area contributed by atoms with E-state index in [9.17, 15) is 4.79 Å². The Hall–Kier alpha value is -1.99. The van der Waals surface area contributed by atoms with Crippen molar-refractivity contribution in [3.05, 3.63) is 39.2 Å². The summed E-state index contributed by atoms with van der Waals surface area (Å²) in [7, 11) is 0. The van der Waals surface area contributed by atoms with Crippen molar-refractivity contribution in [1.82, 2.24) is 14.9 Å². The second kappa shape index (κ2) is 6.72. The number of aromatic nitrogens is 2. The number of rotatable bonds is 3. The van der Waals surface area contributed by atoms with Gasteiger partial charge in [-0.25, -0.2) is 9.97 Å². The molecular weight excluding hydrogens is 352 g/mol. The SMILES string of the molecule is CCc1cc2c(N3CCN(C(=O)c4cccs4)CC3)nc(C)nc2s1. The number of thiophene rings is 2. The number of aryl methyl sites for hydroxylation is 2. The van der Waals surface area contributed by atoms with Gasteiger partial charge in [0.15, 0.2) is 0 Å². The standard InChI is InChI=1S/C18H20N4OS2/c1-3-13-11-14-16(19-12(2)20-17(14)25-13)21-6-8-22(9-7-21)18(23)15-5-4-10-24-15/h4-5,10-11H,3,6-9H2,1-2H3. The van der Waals surface area contributed by atoms with E-state index in [1.54, 1.807) is 11.3 Å². The number of nitrogens with zero attached hydrogens (tertiary/aromatic N) is 4. The van der Waals surface area contributed by atoms with Crippen LogP contribution in [0, 0.1) is 6.92 Å². The Balaban J connectivity index is 1.55. The first kappa shape index (κ1) is 16.5. The van der Waals surface area contributed by atoms with Crippen molar-refractivity contribution in [1.29, 1.82) is 0 Å². The van der Waals surface area contributed by atoms with E-state index >= 15 is 0 Å². The van der Waals surface area contributed by atoms with E-state index in [1.807, 2.05) is 29.3 Å². The highest BCUT2D eigenvalue weighted by atomic mass is 32.1. The van der Waals surface area contributed by atoms with E-state index in [-0.39, 0.29) is 5.91 Å². The Morgan fingerprint density at radius 3 is 2.72 bits per heavy atom. The minimum absolute atomic E-state index is 0.141. The van der Waals surface area contributed by atoms with Crippen molar-refractivity contribution >= 4 is 44.6 Å². The third-order valence-corrected chi connectivity index (χ3v) is 6.51. The maximum absolute atomic E-state index is 12.5. The third kappa shape index (κ3) is 3.14. The zero-order chi connectivity index (χ0) is 17.4. The quantitative estimate of drug-likeness (QED) is 0.705. The lowest BCUT2D eigenvalue weighted by molar-refractivity contribution is 0.0751. The molecule has 3 aromatic rings. The van der Waals surface area contributed by atoms with Gasteiger partial charge in [-0.1, -0.05) is 13.0 Å². The van der Waals surface area contributed by atoms with Crippen molar-refractivity contribution in [3.63, 3.8) is 0 Å². The van der Waals surface area contributed by atoms with Crippen molar-refractivity contribution in [2.45, 2.75) is 20.3 Å². The maximum atomic E-state index is 12.5. The molecule has 4 rings (SSSR count). The monoisotopic (exact) mass is 372 g/mol. The lowest BCUT2D eigenvalue weighted by Gasteiger charge is -2.35. The van der Waals surface area contributed by atoms with Crippen LogP contribution in [-0.2, 0) is 6.42 Å². The summed E-state index contributed by atoms with van der Waals surface area (Å²) < 4.78 is 0. The van der Waals surface area contributed by atoms with Gasteiger partial charge in [-0.05, 0) is 30.9 Å². The van der Waals surface area contributed by atoms with Crippen LogP contribution in [0.4, 0.5) is 5.82 Å². The van der Waals surface area contributed by atoms with Crippen LogP contribution in [0.5, 0.6) is 0 Å². The number of hydrogen-bond donors (Lipinski definition) is 0. The predicted molar refractivity (Wildman–Crippen MR) is 104 cm³/mol. The number of amides is 1. The summed E-state index contributed by atoms with van der Waals surface area (Å²) >= 11 is 3.26. The van der Waals surface area contributed by atoms with Gasteiger partial charge in [0.2, 0.25) is 0 Å². The molecule has 1 saturated heterocycles. The smallest absolute Gasteiger partial charge is 0.264 e. The molecule has 1 aliphatic heterocycles. The van der Waals surface area contributed by atoms with Crippen molar-refractivity contribution in [3.8, 4) is 0 Å². The lowest BCUT2D eigenvalue weighted by atomic mass is 10.2. The van der Waals surface area contributed by atoms with Crippen LogP contribution in [0.3, 0.4) is 0 Å². The molecule has 0 aliphatic carbocycles. The van der Waals surface area contributed by atoms with Gasteiger partial charge in [0.25, 0.3) is 5.91 Å². The summed E-state index contributed by atoms with van der Waals surface area (Å²) in [4.78, 5) is 29.3. The molecule has 0 N–H and O–H groups in total. The molecule has 0 atom stereocenters. The van der Waals surface area contributed by atoms with E-state index in [2.05, 4.69) is 22.9 Å². The number of carbonyl (C=O) groups is 1. The largest absolute Gasteiger partial charge is 0.352 e. The fraction of sp³-hybridized carbons (Fsp3) is 0.389. The first-order valence-corrected chi connectivity index (χ1v) is 10.2. The van der Waals surface area contributed by atoms with E-state index in [0.29, 0.717) is 0 Å². The Morgan fingerprint density at radius 2 is 2.04 bits per heavy atom. The molecule has 1 fully saturated rings. The molecule has 3 aromatic heterocycles. The third-order valence-electron chi connectivity index (χ3n) is 4.48. The van der Waals surface area contributed by atoms with Crippen molar-refractivity contribution in [2.75, 3.05) is 31.1 Å². The minimum Gasteiger partial charge on any atom is -0.352 e. The molecule has 0 saturated carbocycles. The van der Waals surface area contributed by atoms with Crippen molar-refractivity contribution in [2.24, 2.45) is 0 Å². The second-order valence-electron chi connectivity index (χ2n) is 6.14. The summed E-state index contributed by atoms with van der Waals surface area (Å²) in [5, 5.41) is 3.09. The number of piperazine rings is 1. The zero-order valence-corrected chi connectivity index (χ0v) is 16.0. The average molecular weight is 373 g/mol. The van der Waals surface area contributed by atoms with E-state index in [0.717, 1.165) is 59.3 Å². The molecule has 130 valence electrons. The molecule has 0 spiro atoms. The highest BCUT2D eigenvalue weighted by molar-refractivity contribution is 7.18. The van der Waals surface area contributed by atoms with Gasteiger partial charge in [-0.15, -0.1) is 22.7 Å². The highest BCUT2D eigenvalue weighted by Gasteiger charge is 2.25. The highest BCUT2D eigenvalue weighted by Crippen LogP contribution is 2.32. The van der Waals surface area contributed by atoms with E-state index in [1.165, 1.54) is 16.2 Å². The summed E-state index contributed by atoms with van der Waals surface area (Å²) in [6.45, 7) is 7.18. The van der Waals surface area contributed by atoms with Crippen LogP contribution in [-0.4, -0.2) is 47.0 Å². The molecule has 0 aromatic carbocycles. The predicted octanol–water partition coefficient (Wildman–Crippen LogP) is 3.59. The van der Waals surface area contributed by atoms with Crippen LogP contribution < -0.4 is 4.90 Å². The lowest BCUT2D eigenvalue weighted by Crippen LogP contribution is -2.49. The molecule has 5 nitrogen and oxygen atoms in total. The molecule has 7 heteroatoms. The molecule has 0 bridgehead atoms. The number of hydrogen-bond acceptors (Lipinski definition) is 6. The Morgan fingerprint density at radius 1 is 1.24 bits per heavy atom. The van der Waals surface area contributed by atoms with Crippen molar-refractivity contribution < 1.29 is 4.79 Å². The number of fused-ring (bicyclic) bond motifs is 1. The Bertz CT molecular complexity index is 895. The van der Waals surface area contributed by atoms with Crippen LogP contribution >= 0.6 is 22.7 Å². The van der Waals surface area contributed by atoms with Gasteiger partial charge in [0.1, 0.15) is 16.5 Å². The van der Waals surface area contributed by atoms with Gasteiger partial charge in [0, 0.05) is 31.1 Å². The average Bonchev–Trinajstić information content (AvgIpc) is 3.30. The Kier molecular flexibility index (Phi) is 4.43. The fourth-order valence-electron chi connectivity index (χ4n) is 3.15. The summed E-state index contributed by atoms with van der Waals surface area (Å²) in [5.74, 6) is 1.97. The minimum atomic E-state index is 0.141. The summed E-state index contributed by atoms with van der Waals surface area (Å²) in [6, 6.07) is 6.04. The maximum Gasteiger partial charge on any atom is 0.264 e. The zero-order valence-electron chi connectivity index (χ0n) is 14.4. The molecule has 0 radical (unpaired) electrons. The normalized spacial score (nSPS) is 15.1. The molecular formula is C18H20N4OS2. The molecule has 25 heavy (non-hydrogen) atoms. The van der Waals surface area contributed by atoms with Gasteiger partial charge in [0.05, 0.1) is 10.3 Å². The van der Waals surface area contributed by atoms with Gasteiger partial charge in [-0.3, -0.25) is 4.79 Å². The van der Waals surface area contributed by atoms with Crippen LogP contribution in [0.15, 0.2) is 23.6 Å². The van der Waals surface area contributed by atoms with Gasteiger partial charge in [-0.2, -0.15) is 0 Å². The van der Waals surface area contributed by atoms with Crippen LogP contribution in [0.25, 0.3) is 10.2 Å². The molecule has 1 aliphatic rings. The molecule has 0 unspecified atom stereocenters. The Labute approximate surface area is 154 Å². The van der Waals surface area contributed by atoms with Gasteiger partial charge < -0.3 is 9.80 Å². The first-order valence-electron chi connectivity index (χ1n) is 8.50. The first-order chi connectivity index (χ1) is 12.2. The van der Waals surface area contributed by atoms with Gasteiger partial charge >= 0.3 is 0 Å². The topological polar surface area (TPSA) is 49.3 Å². The van der Waals surface area contributed by atoms with Crippen LogP contribution in [0.2, 0.25) is 0 Å². The number of carbonyl (C=O) groups excluding carboxylic acids is 1. The fourth-order valence-corrected chi connectivity index (χ4v) is 4.85. The van der Waals surface area contributed by atoms with E-state index < -0.39 is 0 Å². The van der Waals surface area contributed by atoms with Crippen LogP contribution in [0.1, 0.15) is 27.3 Å².